The number of likely N-dealkylation sites (tertiary alicyclic amines) is 1. The molecule has 0 bridgehead atoms. The summed E-state index contributed by atoms with van der Waals surface area (Å²) < 4.78 is 0. The number of nitrogens with zero attached hydrogens (tertiary/aromatic N) is 1. The maximum Gasteiger partial charge on any atom is 0.224 e. The van der Waals surface area contributed by atoms with Crippen LogP contribution in [0.2, 0.25) is 0 Å². The fourth-order valence-electron chi connectivity index (χ4n) is 2.65. The summed E-state index contributed by atoms with van der Waals surface area (Å²) >= 11 is 0. The molecular weight excluding hydrogens is 252 g/mol. The van der Waals surface area contributed by atoms with Crippen molar-refractivity contribution in [3.8, 4) is 5.75 Å². The Morgan fingerprint density at radius 1 is 1.30 bits per heavy atom. The highest BCUT2D eigenvalue weighted by Crippen LogP contribution is 2.16. The topological polar surface area (TPSA) is 52.6 Å². The molecule has 1 aromatic rings. The fraction of sp³-hybridized carbons (Fsp3) is 0.562. The van der Waals surface area contributed by atoms with E-state index in [2.05, 4.69) is 17.1 Å². The van der Waals surface area contributed by atoms with Crippen LogP contribution >= 0.6 is 0 Å². The Bertz CT molecular complexity index is 442. The zero-order valence-corrected chi connectivity index (χ0v) is 12.1. The third kappa shape index (κ3) is 4.23. The van der Waals surface area contributed by atoms with E-state index in [0.29, 0.717) is 18.2 Å². The van der Waals surface area contributed by atoms with Crippen molar-refractivity contribution in [2.75, 3.05) is 19.6 Å². The molecule has 0 aromatic heterocycles. The summed E-state index contributed by atoms with van der Waals surface area (Å²) in [6.45, 7) is 5.10. The lowest BCUT2D eigenvalue weighted by Gasteiger charge is -2.32. The van der Waals surface area contributed by atoms with Gasteiger partial charge >= 0.3 is 0 Å². The van der Waals surface area contributed by atoms with Crippen LogP contribution in [0.4, 0.5) is 0 Å². The van der Waals surface area contributed by atoms with Crippen LogP contribution in [-0.4, -0.2) is 41.6 Å². The van der Waals surface area contributed by atoms with Gasteiger partial charge in [0.05, 0.1) is 6.42 Å². The van der Waals surface area contributed by atoms with Gasteiger partial charge in [0.25, 0.3) is 0 Å². The number of benzene rings is 1. The van der Waals surface area contributed by atoms with Crippen molar-refractivity contribution in [2.24, 2.45) is 0 Å². The lowest BCUT2D eigenvalue weighted by Crippen LogP contribution is -2.44. The maximum absolute atomic E-state index is 11.9. The minimum Gasteiger partial charge on any atom is -0.508 e. The molecule has 1 atom stereocenters. The average Bonchev–Trinajstić information content (AvgIpc) is 2.48. The number of carbonyl (C=O) groups is 1. The van der Waals surface area contributed by atoms with Crippen molar-refractivity contribution in [3.05, 3.63) is 29.8 Å². The number of piperidine rings is 1. The summed E-state index contributed by atoms with van der Waals surface area (Å²) in [4.78, 5) is 14.3. The molecule has 20 heavy (non-hydrogen) atoms. The first-order valence-corrected chi connectivity index (χ1v) is 7.44. The second-order valence-corrected chi connectivity index (χ2v) is 5.56. The summed E-state index contributed by atoms with van der Waals surface area (Å²) in [6.07, 6.45) is 4.08. The Kier molecular flexibility index (Phi) is 5.41. The van der Waals surface area contributed by atoms with Gasteiger partial charge in [0.1, 0.15) is 5.75 Å². The van der Waals surface area contributed by atoms with Gasteiger partial charge in [-0.1, -0.05) is 24.6 Å². The molecule has 1 unspecified atom stereocenters. The van der Waals surface area contributed by atoms with E-state index in [1.807, 2.05) is 6.07 Å². The van der Waals surface area contributed by atoms with E-state index in [1.54, 1.807) is 18.2 Å². The second-order valence-electron chi connectivity index (χ2n) is 5.56. The molecule has 1 fully saturated rings. The van der Waals surface area contributed by atoms with E-state index in [-0.39, 0.29) is 18.1 Å². The highest BCUT2D eigenvalue weighted by Gasteiger charge is 2.17. The van der Waals surface area contributed by atoms with Crippen LogP contribution in [0.15, 0.2) is 24.3 Å². The molecule has 1 aliphatic rings. The second kappa shape index (κ2) is 7.29. The predicted octanol–water partition coefficient (Wildman–Crippen LogP) is 1.93. The Balaban J connectivity index is 1.76. The van der Waals surface area contributed by atoms with Crippen molar-refractivity contribution in [1.82, 2.24) is 10.2 Å². The molecule has 0 aliphatic carbocycles. The molecule has 0 spiro atoms. The lowest BCUT2D eigenvalue weighted by molar-refractivity contribution is -0.120. The average molecular weight is 276 g/mol. The van der Waals surface area contributed by atoms with Gasteiger partial charge in [-0.05, 0) is 38.9 Å². The first-order valence-electron chi connectivity index (χ1n) is 7.44. The van der Waals surface area contributed by atoms with Crippen molar-refractivity contribution in [2.45, 2.75) is 38.6 Å². The lowest BCUT2D eigenvalue weighted by atomic mass is 10.1. The van der Waals surface area contributed by atoms with Crippen LogP contribution in [0.3, 0.4) is 0 Å². The van der Waals surface area contributed by atoms with Gasteiger partial charge in [-0.2, -0.15) is 0 Å². The fourth-order valence-corrected chi connectivity index (χ4v) is 2.65. The zero-order valence-electron chi connectivity index (χ0n) is 12.1. The Labute approximate surface area is 120 Å². The Morgan fingerprint density at radius 3 is 2.70 bits per heavy atom. The zero-order chi connectivity index (χ0) is 14.4. The molecule has 0 saturated carbocycles. The van der Waals surface area contributed by atoms with E-state index in [1.165, 1.54) is 19.3 Å². The maximum atomic E-state index is 11.9. The summed E-state index contributed by atoms with van der Waals surface area (Å²) in [5, 5.41) is 12.6. The smallest absolute Gasteiger partial charge is 0.224 e. The minimum absolute atomic E-state index is 0.0321. The first kappa shape index (κ1) is 14.9. The highest BCUT2D eigenvalue weighted by atomic mass is 16.3. The van der Waals surface area contributed by atoms with E-state index < -0.39 is 0 Å². The largest absolute Gasteiger partial charge is 0.508 e. The molecule has 4 heteroatoms. The van der Waals surface area contributed by atoms with Crippen LogP contribution in [0.25, 0.3) is 0 Å². The van der Waals surface area contributed by atoms with Crippen LogP contribution in [0.5, 0.6) is 5.75 Å². The van der Waals surface area contributed by atoms with Gasteiger partial charge in [-0.3, -0.25) is 9.69 Å². The molecule has 0 radical (unpaired) electrons. The molecule has 2 rings (SSSR count). The van der Waals surface area contributed by atoms with Gasteiger partial charge in [0, 0.05) is 18.2 Å². The molecule has 1 aliphatic heterocycles. The van der Waals surface area contributed by atoms with Crippen LogP contribution < -0.4 is 5.32 Å². The van der Waals surface area contributed by atoms with Gasteiger partial charge in [-0.25, -0.2) is 0 Å². The number of para-hydroxylation sites is 1. The van der Waals surface area contributed by atoms with Crippen LogP contribution in [0.1, 0.15) is 31.7 Å². The third-order valence-electron chi connectivity index (χ3n) is 3.95. The van der Waals surface area contributed by atoms with Crippen molar-refractivity contribution < 1.29 is 9.90 Å². The summed E-state index contributed by atoms with van der Waals surface area (Å²) in [5.41, 5.74) is 0.677. The van der Waals surface area contributed by atoms with E-state index in [9.17, 15) is 9.90 Å². The molecule has 1 aromatic carbocycles. The number of nitrogens with one attached hydrogen (secondary N) is 1. The summed E-state index contributed by atoms with van der Waals surface area (Å²) in [5.74, 6) is 0.155. The number of carbonyl (C=O) groups excluding carboxylic acids is 1. The van der Waals surface area contributed by atoms with Crippen molar-refractivity contribution in [3.63, 3.8) is 0 Å². The number of hydrogen-bond acceptors (Lipinski definition) is 3. The van der Waals surface area contributed by atoms with Crippen LogP contribution in [0, 0.1) is 0 Å². The van der Waals surface area contributed by atoms with Gasteiger partial charge in [0.15, 0.2) is 0 Å². The Morgan fingerprint density at radius 2 is 2.00 bits per heavy atom. The number of amides is 1. The van der Waals surface area contributed by atoms with Gasteiger partial charge in [-0.15, -0.1) is 0 Å². The number of phenolic OH excluding ortho intramolecular Hbond substituents is 1. The molecular formula is C16H24N2O2. The standard InChI is InChI=1S/C16H24N2O2/c1-13(18-9-5-2-6-10-18)12-17-16(20)11-14-7-3-4-8-15(14)19/h3-4,7-8,13,19H,2,5-6,9-12H2,1H3,(H,17,20). The molecule has 110 valence electrons. The first-order chi connectivity index (χ1) is 9.66. The van der Waals surface area contributed by atoms with Crippen molar-refractivity contribution >= 4 is 5.91 Å². The monoisotopic (exact) mass is 276 g/mol. The van der Waals surface area contributed by atoms with E-state index in [4.69, 9.17) is 0 Å². The highest BCUT2D eigenvalue weighted by molar-refractivity contribution is 5.79. The SMILES string of the molecule is CC(CNC(=O)Cc1ccccc1O)N1CCCCC1. The Hall–Kier alpha value is -1.55. The predicted molar refractivity (Wildman–Crippen MR) is 79.7 cm³/mol. The summed E-state index contributed by atoms with van der Waals surface area (Å²) in [7, 11) is 0. The van der Waals surface area contributed by atoms with Gasteiger partial charge in [0.2, 0.25) is 5.91 Å². The number of hydrogen-bond donors (Lipinski definition) is 2. The molecule has 1 heterocycles. The van der Waals surface area contributed by atoms with Crippen LogP contribution in [-0.2, 0) is 11.2 Å². The third-order valence-corrected chi connectivity index (χ3v) is 3.95. The molecule has 1 amide bonds. The van der Waals surface area contributed by atoms with E-state index >= 15 is 0 Å². The van der Waals surface area contributed by atoms with Gasteiger partial charge < -0.3 is 10.4 Å². The number of aromatic hydroxyl groups is 1. The minimum atomic E-state index is -0.0321. The normalized spacial score (nSPS) is 17.6. The number of rotatable bonds is 5. The molecule has 2 N–H and O–H groups in total. The summed E-state index contributed by atoms with van der Waals surface area (Å²) in [6, 6.07) is 7.36. The molecule has 4 nitrogen and oxygen atoms in total. The number of phenols is 1. The van der Waals surface area contributed by atoms with Crippen molar-refractivity contribution in [1.29, 1.82) is 0 Å². The van der Waals surface area contributed by atoms with E-state index in [0.717, 1.165) is 13.1 Å². The quantitative estimate of drug-likeness (QED) is 0.864. The molecule has 1 saturated heterocycles.